The van der Waals surface area contributed by atoms with E-state index in [0.29, 0.717) is 22.8 Å². The quantitative estimate of drug-likeness (QED) is 0.500. The van der Waals surface area contributed by atoms with E-state index in [0.717, 1.165) is 44.8 Å². The number of methoxy groups -OCH3 is 2. The van der Waals surface area contributed by atoms with Crippen LogP contribution >= 0.6 is 0 Å². The van der Waals surface area contributed by atoms with Gasteiger partial charge >= 0.3 is 0 Å². The van der Waals surface area contributed by atoms with Crippen molar-refractivity contribution in [1.29, 1.82) is 5.26 Å². The minimum absolute atomic E-state index is 0.167. The van der Waals surface area contributed by atoms with E-state index in [1.165, 1.54) is 6.20 Å². The van der Waals surface area contributed by atoms with Crippen LogP contribution in [0.1, 0.15) is 35.5 Å². The van der Waals surface area contributed by atoms with Gasteiger partial charge in [-0.1, -0.05) is 0 Å². The molecule has 0 bridgehead atoms. The van der Waals surface area contributed by atoms with Crippen LogP contribution in [0.15, 0.2) is 30.5 Å². The van der Waals surface area contributed by atoms with Crippen LogP contribution in [-0.4, -0.2) is 18.8 Å². The first-order valence-corrected chi connectivity index (χ1v) is 9.52. The van der Waals surface area contributed by atoms with Crippen molar-refractivity contribution < 1.29 is 14.2 Å². The minimum atomic E-state index is 0.167. The Hall–Kier alpha value is -3.46. The maximum atomic E-state index is 12.2. The second-order valence-electron chi connectivity index (χ2n) is 7.42. The Morgan fingerprint density at radius 1 is 1.17 bits per heavy atom. The molecule has 3 heterocycles. The Bertz CT molecular complexity index is 1170. The van der Waals surface area contributed by atoms with E-state index >= 15 is 0 Å². The van der Waals surface area contributed by atoms with Gasteiger partial charge in [0.25, 0.3) is 0 Å². The largest absolute Gasteiger partial charge is 0.618 e. The fourth-order valence-electron chi connectivity index (χ4n) is 4.51. The van der Waals surface area contributed by atoms with Gasteiger partial charge in [-0.15, -0.1) is 0 Å². The maximum Gasteiger partial charge on any atom is 0.197 e. The number of benzene rings is 1. The van der Waals surface area contributed by atoms with Crippen LogP contribution in [0.3, 0.4) is 0 Å². The van der Waals surface area contributed by atoms with Gasteiger partial charge in [0, 0.05) is 35.9 Å². The lowest BCUT2D eigenvalue weighted by Gasteiger charge is -2.28. The Kier molecular flexibility index (Phi) is 4.46. The van der Waals surface area contributed by atoms with E-state index in [1.54, 1.807) is 27.2 Å². The summed E-state index contributed by atoms with van der Waals surface area (Å²) in [5.74, 6) is 1.31. The van der Waals surface area contributed by atoms with Crippen molar-refractivity contribution >= 4 is 0 Å². The summed E-state index contributed by atoms with van der Waals surface area (Å²) in [5.41, 5.74) is 6.70. The molecule has 0 saturated heterocycles. The van der Waals surface area contributed by atoms with Crippen LogP contribution in [-0.2, 0) is 6.42 Å². The van der Waals surface area contributed by atoms with Gasteiger partial charge in [-0.3, -0.25) is 0 Å². The molecular formula is C23H23N3O3. The molecule has 0 amide bonds. The molecule has 6 heteroatoms. The highest BCUT2D eigenvalue weighted by Gasteiger charge is 2.32. The molecule has 2 aromatic heterocycles. The molecule has 1 unspecified atom stereocenters. The van der Waals surface area contributed by atoms with Gasteiger partial charge < -0.3 is 19.2 Å². The van der Waals surface area contributed by atoms with Crippen LogP contribution in [0.4, 0.5) is 0 Å². The first kappa shape index (κ1) is 18.9. The number of hydrogen-bond acceptors (Lipinski definition) is 4. The van der Waals surface area contributed by atoms with E-state index < -0.39 is 0 Å². The fraction of sp³-hybridized carbons (Fsp3) is 0.304. The van der Waals surface area contributed by atoms with E-state index in [9.17, 15) is 10.5 Å². The second kappa shape index (κ2) is 6.85. The second-order valence-corrected chi connectivity index (χ2v) is 7.42. The number of pyridine rings is 1. The third kappa shape index (κ3) is 2.65. The molecule has 148 valence electrons. The van der Waals surface area contributed by atoms with E-state index in [1.807, 2.05) is 25.1 Å². The van der Waals surface area contributed by atoms with Crippen molar-refractivity contribution in [3.8, 4) is 40.0 Å². The molecule has 1 aliphatic heterocycles. The molecule has 1 aromatic carbocycles. The molecule has 3 aromatic rings. The maximum absolute atomic E-state index is 12.2. The first-order valence-electron chi connectivity index (χ1n) is 9.52. The zero-order valence-electron chi connectivity index (χ0n) is 17.2. The molecule has 0 aliphatic carbocycles. The Morgan fingerprint density at radius 3 is 2.52 bits per heavy atom. The Labute approximate surface area is 170 Å². The van der Waals surface area contributed by atoms with Gasteiger partial charge in [-0.25, -0.2) is 0 Å². The summed E-state index contributed by atoms with van der Waals surface area (Å²) in [4.78, 5) is 0. The molecule has 4 rings (SSSR count). The first-order chi connectivity index (χ1) is 13.9. The minimum Gasteiger partial charge on any atom is -0.618 e. The average molecular weight is 389 g/mol. The van der Waals surface area contributed by atoms with Gasteiger partial charge in [0.2, 0.25) is 0 Å². The van der Waals surface area contributed by atoms with Crippen LogP contribution in [0.25, 0.3) is 22.4 Å². The summed E-state index contributed by atoms with van der Waals surface area (Å²) in [7, 11) is 3.23. The number of rotatable bonds is 3. The lowest BCUT2D eigenvalue weighted by molar-refractivity contribution is -0.611. The molecule has 0 spiro atoms. The molecule has 6 nitrogen and oxygen atoms in total. The van der Waals surface area contributed by atoms with Gasteiger partial charge in [-0.2, -0.15) is 9.99 Å². The zero-order chi connectivity index (χ0) is 20.9. The van der Waals surface area contributed by atoms with Crippen molar-refractivity contribution in [2.75, 3.05) is 14.2 Å². The average Bonchev–Trinajstić information content (AvgIpc) is 3.02. The molecular weight excluding hydrogens is 366 g/mol. The van der Waals surface area contributed by atoms with Crippen molar-refractivity contribution in [2.45, 2.75) is 33.2 Å². The molecule has 0 saturated carbocycles. The zero-order valence-corrected chi connectivity index (χ0v) is 17.2. The van der Waals surface area contributed by atoms with Crippen molar-refractivity contribution in [2.24, 2.45) is 0 Å². The van der Waals surface area contributed by atoms with Gasteiger partial charge in [-0.05, 0) is 44.0 Å². The van der Waals surface area contributed by atoms with Crippen molar-refractivity contribution in [3.05, 3.63) is 58.2 Å². The molecule has 1 aliphatic rings. The summed E-state index contributed by atoms with van der Waals surface area (Å²) in [6, 6.07) is 10.1. The number of aromatic nitrogens is 2. The van der Waals surface area contributed by atoms with Crippen LogP contribution in [0, 0.1) is 30.4 Å². The SMILES string of the molecule is COc1cc2c(cc1OC)-c1c(C#N)c(-c3ccc[n+]([O-])c3C)c(C)n1C(C)C2. The Balaban J connectivity index is 2.08. The third-order valence-corrected chi connectivity index (χ3v) is 5.86. The molecule has 0 radical (unpaired) electrons. The highest BCUT2D eigenvalue weighted by atomic mass is 16.5. The number of ether oxygens (including phenoxy) is 2. The van der Waals surface area contributed by atoms with Crippen molar-refractivity contribution in [1.82, 2.24) is 4.57 Å². The monoisotopic (exact) mass is 389 g/mol. The molecule has 0 fully saturated rings. The number of hydrogen-bond donors (Lipinski definition) is 0. The van der Waals surface area contributed by atoms with Gasteiger partial charge in [0.05, 0.1) is 31.0 Å². The number of fused-ring (bicyclic) bond motifs is 3. The predicted octanol–water partition coefficient (Wildman–Crippen LogP) is 4.08. The number of nitrogens with zero attached hydrogens (tertiary/aromatic N) is 3. The third-order valence-electron chi connectivity index (χ3n) is 5.86. The smallest absolute Gasteiger partial charge is 0.197 e. The van der Waals surface area contributed by atoms with Crippen LogP contribution in [0.2, 0.25) is 0 Å². The summed E-state index contributed by atoms with van der Waals surface area (Å²) in [6.45, 7) is 5.95. The highest BCUT2D eigenvalue weighted by molar-refractivity contribution is 5.86. The van der Waals surface area contributed by atoms with E-state index in [-0.39, 0.29) is 6.04 Å². The topological polar surface area (TPSA) is 74.1 Å². The van der Waals surface area contributed by atoms with Crippen LogP contribution in [0.5, 0.6) is 11.5 Å². The van der Waals surface area contributed by atoms with Gasteiger partial charge in [0.1, 0.15) is 6.07 Å². The normalized spacial score (nSPS) is 14.7. The lowest BCUT2D eigenvalue weighted by atomic mass is 9.91. The van der Waals surface area contributed by atoms with E-state index in [2.05, 4.69) is 17.6 Å². The summed E-state index contributed by atoms with van der Waals surface area (Å²) < 4.78 is 14.0. The number of nitriles is 1. The fourth-order valence-corrected chi connectivity index (χ4v) is 4.51. The lowest BCUT2D eigenvalue weighted by Crippen LogP contribution is -2.29. The summed E-state index contributed by atoms with van der Waals surface area (Å²) >= 11 is 0. The predicted molar refractivity (Wildman–Crippen MR) is 110 cm³/mol. The molecule has 29 heavy (non-hydrogen) atoms. The van der Waals surface area contributed by atoms with Crippen molar-refractivity contribution in [3.63, 3.8) is 0 Å². The highest BCUT2D eigenvalue weighted by Crippen LogP contribution is 2.47. The van der Waals surface area contributed by atoms with Crippen LogP contribution < -0.4 is 14.2 Å². The Morgan fingerprint density at radius 2 is 1.86 bits per heavy atom. The molecule has 0 N–H and O–H groups in total. The standard InChI is InChI=1S/C23H23N3O3/c1-13-9-16-10-20(28-4)21(29-5)11-18(16)23-19(12-24)22(15(3)26(13)23)17-7-6-8-25(27)14(17)2/h6-8,10-11,13H,9H2,1-5H3. The van der Waals surface area contributed by atoms with Gasteiger partial charge in [0.15, 0.2) is 23.4 Å². The molecule has 1 atom stereocenters. The van der Waals surface area contributed by atoms with E-state index in [4.69, 9.17) is 9.47 Å². The summed E-state index contributed by atoms with van der Waals surface area (Å²) in [5, 5.41) is 22.3. The summed E-state index contributed by atoms with van der Waals surface area (Å²) in [6.07, 6.45) is 2.29.